The van der Waals surface area contributed by atoms with Crippen molar-refractivity contribution in [3.8, 4) is 0 Å². The van der Waals surface area contributed by atoms with E-state index in [1.165, 1.54) is 11.4 Å². The van der Waals surface area contributed by atoms with E-state index in [9.17, 15) is 13.2 Å². The minimum absolute atomic E-state index is 0. The van der Waals surface area contributed by atoms with Crippen LogP contribution in [0, 0.1) is 0 Å². The number of carbonyl (C=O) groups excluding carboxylic acids is 1. The summed E-state index contributed by atoms with van der Waals surface area (Å²) < 4.78 is 32.7. The first-order valence-corrected chi connectivity index (χ1v) is 13.9. The van der Waals surface area contributed by atoms with Crippen molar-refractivity contribution in [3.63, 3.8) is 0 Å². The van der Waals surface area contributed by atoms with Crippen LogP contribution in [-0.2, 0) is 14.8 Å². The molecule has 0 saturated carbocycles. The third-order valence-electron chi connectivity index (χ3n) is 6.87. The Morgan fingerprint density at radius 2 is 1.64 bits per heavy atom. The standard InChI is InChI=1S/C27H39N3O4S.ClH/c1-4-18-30(27(31)34-3)25-16-20-29(21-17-25)19-15-24(23-11-7-5-8-12-23)22-28(2)35(32,33)26-13-9-6-10-14-26;/h5-14,24-25H,4,15-22H2,1-3H3;1H. The van der Waals surface area contributed by atoms with Gasteiger partial charge in [-0.3, -0.25) is 0 Å². The van der Waals surface area contributed by atoms with Crippen LogP contribution in [0.3, 0.4) is 0 Å². The summed E-state index contributed by atoms with van der Waals surface area (Å²) in [5.41, 5.74) is 1.15. The van der Waals surface area contributed by atoms with Gasteiger partial charge in [0.15, 0.2) is 0 Å². The second kappa shape index (κ2) is 14.6. The van der Waals surface area contributed by atoms with Gasteiger partial charge in [-0.05, 0) is 55.8 Å². The quantitative estimate of drug-likeness (QED) is 0.410. The number of halogens is 1. The van der Waals surface area contributed by atoms with Crippen LogP contribution in [0.15, 0.2) is 65.6 Å². The minimum Gasteiger partial charge on any atom is -0.453 e. The van der Waals surface area contributed by atoms with Gasteiger partial charge in [-0.2, -0.15) is 0 Å². The van der Waals surface area contributed by atoms with Gasteiger partial charge in [-0.15, -0.1) is 12.4 Å². The molecule has 1 heterocycles. The predicted octanol–water partition coefficient (Wildman–Crippen LogP) is 4.85. The normalized spacial score (nSPS) is 15.8. The molecule has 1 aliphatic heterocycles. The highest BCUT2D eigenvalue weighted by Gasteiger charge is 2.29. The SMILES string of the molecule is CCCN(C(=O)OC)C1CCN(CCC(CN(C)S(=O)(=O)c2ccccc2)c2ccccc2)CC1.Cl. The van der Waals surface area contributed by atoms with Gasteiger partial charge in [-0.25, -0.2) is 17.5 Å². The number of benzene rings is 2. The smallest absolute Gasteiger partial charge is 0.409 e. The molecule has 2 aromatic rings. The number of sulfonamides is 1. The molecule has 1 unspecified atom stereocenters. The Morgan fingerprint density at radius 1 is 1.06 bits per heavy atom. The van der Waals surface area contributed by atoms with Crippen molar-refractivity contribution in [2.45, 2.75) is 49.5 Å². The number of rotatable bonds is 11. The summed E-state index contributed by atoms with van der Waals surface area (Å²) >= 11 is 0. The molecule has 0 N–H and O–H groups in total. The Bertz CT molecular complexity index is 1020. The lowest BCUT2D eigenvalue weighted by molar-refractivity contribution is 0.0772. The van der Waals surface area contributed by atoms with Gasteiger partial charge in [0.2, 0.25) is 10.0 Å². The predicted molar refractivity (Wildman–Crippen MR) is 146 cm³/mol. The van der Waals surface area contributed by atoms with Gasteiger partial charge in [0.05, 0.1) is 12.0 Å². The fourth-order valence-electron chi connectivity index (χ4n) is 4.84. The fraction of sp³-hybridized carbons (Fsp3) is 0.519. The molecule has 200 valence electrons. The lowest BCUT2D eigenvalue weighted by Gasteiger charge is -2.38. The van der Waals surface area contributed by atoms with Crippen LogP contribution in [0.1, 0.15) is 44.1 Å². The van der Waals surface area contributed by atoms with Crippen LogP contribution in [0.4, 0.5) is 4.79 Å². The van der Waals surface area contributed by atoms with Gasteiger partial charge in [0.1, 0.15) is 0 Å². The van der Waals surface area contributed by atoms with Crippen molar-refractivity contribution >= 4 is 28.5 Å². The first-order valence-electron chi connectivity index (χ1n) is 12.5. The number of hydrogen-bond acceptors (Lipinski definition) is 5. The summed E-state index contributed by atoms with van der Waals surface area (Å²) in [6.07, 6.45) is 3.38. The molecule has 0 aromatic heterocycles. The summed E-state index contributed by atoms with van der Waals surface area (Å²) in [5.74, 6) is 0.0871. The van der Waals surface area contributed by atoms with E-state index < -0.39 is 10.0 Å². The number of amides is 1. The lowest BCUT2D eigenvalue weighted by atomic mass is 9.94. The molecule has 1 amide bonds. The molecule has 1 atom stereocenters. The number of likely N-dealkylation sites (tertiary alicyclic amines) is 1. The third kappa shape index (κ3) is 7.93. The number of piperidine rings is 1. The number of likely N-dealkylation sites (N-methyl/N-ethyl adjacent to an activating group) is 1. The topological polar surface area (TPSA) is 70.2 Å². The Kier molecular flexibility index (Phi) is 12.2. The van der Waals surface area contributed by atoms with E-state index in [2.05, 4.69) is 24.0 Å². The number of methoxy groups -OCH3 is 1. The zero-order valence-corrected chi connectivity index (χ0v) is 23.2. The summed E-state index contributed by atoms with van der Waals surface area (Å²) in [7, 11) is -0.439. The minimum atomic E-state index is -3.55. The van der Waals surface area contributed by atoms with Crippen molar-refractivity contribution in [3.05, 3.63) is 66.2 Å². The zero-order valence-electron chi connectivity index (χ0n) is 21.6. The number of nitrogens with zero attached hydrogens (tertiary/aromatic N) is 3. The summed E-state index contributed by atoms with van der Waals surface area (Å²) in [6, 6.07) is 19.0. The van der Waals surface area contributed by atoms with Gasteiger partial charge < -0.3 is 14.5 Å². The maximum atomic E-state index is 13.1. The van der Waals surface area contributed by atoms with E-state index in [4.69, 9.17) is 4.74 Å². The van der Waals surface area contributed by atoms with Crippen molar-refractivity contribution in [2.75, 3.05) is 46.9 Å². The highest BCUT2D eigenvalue weighted by Crippen LogP contribution is 2.26. The molecule has 36 heavy (non-hydrogen) atoms. The number of ether oxygens (including phenoxy) is 1. The van der Waals surface area contributed by atoms with Crippen LogP contribution >= 0.6 is 12.4 Å². The molecule has 0 radical (unpaired) electrons. The van der Waals surface area contributed by atoms with Crippen LogP contribution in [0.25, 0.3) is 0 Å². The van der Waals surface area contributed by atoms with E-state index in [-0.39, 0.29) is 30.5 Å². The monoisotopic (exact) mass is 537 g/mol. The van der Waals surface area contributed by atoms with Crippen molar-refractivity contribution < 1.29 is 17.9 Å². The zero-order chi connectivity index (χ0) is 25.3. The molecule has 0 spiro atoms. The summed E-state index contributed by atoms with van der Waals surface area (Å²) in [4.78, 5) is 16.8. The molecule has 7 nitrogen and oxygen atoms in total. The molecular formula is C27H40ClN3O4S. The van der Waals surface area contributed by atoms with Gasteiger partial charge in [0.25, 0.3) is 0 Å². The molecule has 0 bridgehead atoms. The average Bonchev–Trinajstić information content (AvgIpc) is 2.90. The maximum Gasteiger partial charge on any atom is 0.409 e. The molecule has 1 aliphatic rings. The van der Waals surface area contributed by atoms with E-state index in [0.717, 1.165) is 57.4 Å². The molecule has 1 fully saturated rings. The fourth-order valence-corrected chi connectivity index (χ4v) is 6.08. The van der Waals surface area contributed by atoms with E-state index in [0.29, 0.717) is 11.4 Å². The van der Waals surface area contributed by atoms with Gasteiger partial charge in [-0.1, -0.05) is 55.5 Å². The number of hydrogen-bond donors (Lipinski definition) is 0. The summed E-state index contributed by atoms with van der Waals surface area (Å²) in [5, 5.41) is 0. The first-order chi connectivity index (χ1) is 16.9. The van der Waals surface area contributed by atoms with E-state index in [1.807, 2.05) is 29.2 Å². The number of carbonyl (C=O) groups is 1. The molecule has 3 rings (SSSR count). The maximum absolute atomic E-state index is 13.1. The van der Waals surface area contributed by atoms with Crippen LogP contribution in [-0.4, -0.2) is 81.5 Å². The Morgan fingerprint density at radius 3 is 2.19 bits per heavy atom. The van der Waals surface area contributed by atoms with Gasteiger partial charge >= 0.3 is 6.09 Å². The molecule has 0 aliphatic carbocycles. The second-order valence-electron chi connectivity index (χ2n) is 9.23. The highest BCUT2D eigenvalue weighted by atomic mass is 35.5. The van der Waals surface area contributed by atoms with Gasteiger partial charge in [0, 0.05) is 39.3 Å². The third-order valence-corrected chi connectivity index (χ3v) is 8.70. The van der Waals surface area contributed by atoms with E-state index in [1.54, 1.807) is 31.3 Å². The van der Waals surface area contributed by atoms with Crippen molar-refractivity contribution in [2.24, 2.45) is 0 Å². The Hall–Kier alpha value is -2.13. The molecule has 9 heteroatoms. The second-order valence-corrected chi connectivity index (χ2v) is 11.3. The van der Waals surface area contributed by atoms with E-state index >= 15 is 0 Å². The largest absolute Gasteiger partial charge is 0.453 e. The Balaban J connectivity index is 0.00000456. The van der Waals surface area contributed by atoms with Crippen LogP contribution < -0.4 is 0 Å². The van der Waals surface area contributed by atoms with Crippen LogP contribution in [0.2, 0.25) is 0 Å². The highest BCUT2D eigenvalue weighted by molar-refractivity contribution is 7.89. The van der Waals surface area contributed by atoms with Crippen molar-refractivity contribution in [1.29, 1.82) is 0 Å². The Labute approximate surface area is 222 Å². The molecule has 2 aromatic carbocycles. The molecule has 1 saturated heterocycles. The lowest BCUT2D eigenvalue weighted by Crippen LogP contribution is -2.48. The first kappa shape index (κ1) is 30.1. The molecular weight excluding hydrogens is 498 g/mol. The van der Waals surface area contributed by atoms with Crippen LogP contribution in [0.5, 0.6) is 0 Å². The summed E-state index contributed by atoms with van der Waals surface area (Å²) in [6.45, 7) is 5.93. The van der Waals surface area contributed by atoms with Crippen molar-refractivity contribution in [1.82, 2.24) is 14.1 Å². The average molecular weight is 538 g/mol.